The van der Waals surface area contributed by atoms with Crippen molar-refractivity contribution in [2.45, 2.75) is 52.4 Å². The van der Waals surface area contributed by atoms with Gasteiger partial charge in [-0.25, -0.2) is 4.79 Å². The summed E-state index contributed by atoms with van der Waals surface area (Å²) in [5, 5.41) is 0. The number of anilines is 1. The van der Waals surface area contributed by atoms with Crippen molar-refractivity contribution < 1.29 is 14.3 Å². The van der Waals surface area contributed by atoms with Gasteiger partial charge in [-0.05, 0) is 77.4 Å². The maximum atomic E-state index is 12.5. The molecule has 1 amide bonds. The Hall–Kier alpha value is -2.27. The van der Waals surface area contributed by atoms with Gasteiger partial charge >= 0.3 is 6.09 Å². The number of ether oxygens (including phenoxy) is 2. The van der Waals surface area contributed by atoms with Gasteiger partial charge in [-0.3, -0.25) is 9.80 Å². The lowest BCUT2D eigenvalue weighted by atomic mass is 10.0. The molecule has 1 heterocycles. The van der Waals surface area contributed by atoms with E-state index < -0.39 is 5.60 Å². The fraction of sp³-hybridized carbons (Fsp3) is 0.500. The molecule has 5 heteroatoms. The normalized spacial score (nSPS) is 15.6. The first-order valence-corrected chi connectivity index (χ1v) is 9.49. The van der Waals surface area contributed by atoms with Gasteiger partial charge in [-0.2, -0.15) is 0 Å². The zero-order valence-electron chi connectivity index (χ0n) is 17.2. The van der Waals surface area contributed by atoms with Gasteiger partial charge < -0.3 is 9.47 Å². The zero-order valence-corrected chi connectivity index (χ0v) is 17.2. The van der Waals surface area contributed by atoms with E-state index in [1.165, 1.54) is 0 Å². The second-order valence-corrected chi connectivity index (χ2v) is 7.79. The van der Waals surface area contributed by atoms with E-state index in [1.807, 2.05) is 71.2 Å². The van der Waals surface area contributed by atoms with Crippen molar-refractivity contribution in [3.05, 3.63) is 48.6 Å². The minimum atomic E-state index is -0.507. The average molecular weight is 373 g/mol. The van der Waals surface area contributed by atoms with Crippen LogP contribution in [0.3, 0.4) is 0 Å². The Morgan fingerprint density at radius 3 is 2.78 bits per heavy atom. The van der Waals surface area contributed by atoms with E-state index in [0.717, 1.165) is 36.4 Å². The standard InChI is InChI=1S/C22H32N2O3/c1-7-10-20(23(6)14-8-2)26-18-12-13-19-17(16-18)11-9-15-24(19)21(25)27-22(3,4)5/h7-8,10,12-13,16,20H,2,9,11,14-15H2,1,3-6H3. The highest BCUT2D eigenvalue weighted by Crippen LogP contribution is 2.32. The van der Waals surface area contributed by atoms with Crippen LogP contribution in [0.1, 0.15) is 39.7 Å². The summed E-state index contributed by atoms with van der Waals surface area (Å²) < 4.78 is 11.7. The maximum absolute atomic E-state index is 12.5. The second kappa shape index (κ2) is 9.09. The van der Waals surface area contributed by atoms with Crippen LogP contribution < -0.4 is 9.64 Å². The molecule has 27 heavy (non-hydrogen) atoms. The van der Waals surface area contributed by atoms with Crippen LogP contribution >= 0.6 is 0 Å². The molecule has 2 rings (SSSR count). The summed E-state index contributed by atoms with van der Waals surface area (Å²) in [6.45, 7) is 12.8. The Balaban J connectivity index is 2.20. The maximum Gasteiger partial charge on any atom is 0.414 e. The van der Waals surface area contributed by atoms with Crippen molar-refractivity contribution in [3.8, 4) is 5.75 Å². The molecule has 0 bridgehead atoms. The largest absolute Gasteiger partial charge is 0.472 e. The van der Waals surface area contributed by atoms with Crippen LogP contribution in [0.2, 0.25) is 0 Å². The molecule has 0 saturated heterocycles. The van der Waals surface area contributed by atoms with Crippen LogP contribution in [-0.2, 0) is 11.2 Å². The molecular weight excluding hydrogens is 340 g/mol. The van der Waals surface area contributed by atoms with Crippen molar-refractivity contribution in [1.29, 1.82) is 0 Å². The summed E-state index contributed by atoms with van der Waals surface area (Å²) in [4.78, 5) is 16.3. The summed E-state index contributed by atoms with van der Waals surface area (Å²) in [6.07, 6.45) is 7.20. The Kier molecular flexibility index (Phi) is 7.08. The predicted octanol–water partition coefficient (Wildman–Crippen LogP) is 4.77. The number of amides is 1. The van der Waals surface area contributed by atoms with Gasteiger partial charge in [-0.1, -0.05) is 12.2 Å². The quantitative estimate of drug-likeness (QED) is 0.533. The summed E-state index contributed by atoms with van der Waals surface area (Å²) in [7, 11) is 2.00. The number of likely N-dealkylation sites (N-methyl/N-ethyl adjacent to an activating group) is 1. The third-order valence-electron chi connectivity index (χ3n) is 4.25. The monoisotopic (exact) mass is 372 g/mol. The van der Waals surface area contributed by atoms with Crippen LogP contribution in [0.15, 0.2) is 43.0 Å². The number of fused-ring (bicyclic) bond motifs is 1. The number of aryl methyl sites for hydroxylation is 1. The fourth-order valence-corrected chi connectivity index (χ4v) is 3.04. The Morgan fingerprint density at radius 1 is 1.41 bits per heavy atom. The first kappa shape index (κ1) is 21.0. The van der Waals surface area contributed by atoms with E-state index in [0.29, 0.717) is 6.54 Å². The zero-order chi connectivity index (χ0) is 20.0. The molecule has 0 radical (unpaired) electrons. The lowest BCUT2D eigenvalue weighted by Crippen LogP contribution is -2.39. The Labute approximate surface area is 163 Å². The van der Waals surface area contributed by atoms with E-state index in [2.05, 4.69) is 11.5 Å². The summed E-state index contributed by atoms with van der Waals surface area (Å²) >= 11 is 0. The van der Waals surface area contributed by atoms with Gasteiger partial charge in [0.15, 0.2) is 6.23 Å². The van der Waals surface area contributed by atoms with Gasteiger partial charge in [0.1, 0.15) is 11.4 Å². The summed E-state index contributed by atoms with van der Waals surface area (Å²) in [5.74, 6) is 0.791. The lowest BCUT2D eigenvalue weighted by molar-refractivity contribution is 0.0577. The van der Waals surface area contributed by atoms with Crippen LogP contribution in [-0.4, -0.2) is 43.0 Å². The van der Waals surface area contributed by atoms with Gasteiger partial charge in [0.05, 0.1) is 5.69 Å². The highest BCUT2D eigenvalue weighted by Gasteiger charge is 2.27. The summed E-state index contributed by atoms with van der Waals surface area (Å²) in [6, 6.07) is 5.90. The first-order valence-electron chi connectivity index (χ1n) is 9.49. The van der Waals surface area contributed by atoms with Gasteiger partial charge in [0, 0.05) is 13.1 Å². The Bertz CT molecular complexity index is 691. The molecule has 1 atom stereocenters. The van der Waals surface area contributed by atoms with E-state index in [-0.39, 0.29) is 12.3 Å². The molecule has 1 unspecified atom stereocenters. The van der Waals surface area contributed by atoms with Crippen LogP contribution in [0.4, 0.5) is 10.5 Å². The smallest absolute Gasteiger partial charge is 0.414 e. The van der Waals surface area contributed by atoms with Crippen molar-refractivity contribution >= 4 is 11.8 Å². The number of rotatable bonds is 6. The Morgan fingerprint density at radius 2 is 2.15 bits per heavy atom. The van der Waals surface area contributed by atoms with Crippen LogP contribution in [0.25, 0.3) is 0 Å². The molecule has 0 N–H and O–H groups in total. The number of nitrogens with zero attached hydrogens (tertiary/aromatic N) is 2. The molecule has 5 nitrogen and oxygen atoms in total. The number of benzene rings is 1. The summed E-state index contributed by atoms with van der Waals surface area (Å²) in [5.41, 5.74) is 1.51. The molecule has 0 aliphatic carbocycles. The van der Waals surface area contributed by atoms with Crippen molar-refractivity contribution in [1.82, 2.24) is 4.90 Å². The van der Waals surface area contributed by atoms with Crippen molar-refractivity contribution in [3.63, 3.8) is 0 Å². The van der Waals surface area contributed by atoms with Crippen LogP contribution in [0, 0.1) is 0 Å². The lowest BCUT2D eigenvalue weighted by Gasteiger charge is -2.32. The highest BCUT2D eigenvalue weighted by atomic mass is 16.6. The molecule has 1 aliphatic heterocycles. The third kappa shape index (κ3) is 5.86. The van der Waals surface area contributed by atoms with E-state index in [9.17, 15) is 4.79 Å². The number of hydrogen-bond donors (Lipinski definition) is 0. The molecule has 148 valence electrons. The average Bonchev–Trinajstić information content (AvgIpc) is 2.59. The van der Waals surface area contributed by atoms with Gasteiger partial charge in [0.25, 0.3) is 0 Å². The minimum absolute atomic E-state index is 0.170. The molecule has 1 aliphatic rings. The fourth-order valence-electron chi connectivity index (χ4n) is 3.04. The minimum Gasteiger partial charge on any atom is -0.472 e. The van der Waals surface area contributed by atoms with Gasteiger partial charge in [0.2, 0.25) is 0 Å². The molecule has 1 aromatic rings. The second-order valence-electron chi connectivity index (χ2n) is 7.79. The highest BCUT2D eigenvalue weighted by molar-refractivity contribution is 5.89. The number of carbonyl (C=O) groups excluding carboxylic acids is 1. The number of hydrogen-bond acceptors (Lipinski definition) is 4. The van der Waals surface area contributed by atoms with Crippen molar-refractivity contribution in [2.24, 2.45) is 0 Å². The molecule has 0 fully saturated rings. The molecule has 0 saturated carbocycles. The topological polar surface area (TPSA) is 42.0 Å². The molecule has 1 aromatic carbocycles. The van der Waals surface area contributed by atoms with E-state index in [1.54, 1.807) is 4.90 Å². The van der Waals surface area contributed by atoms with E-state index in [4.69, 9.17) is 9.47 Å². The number of allylic oxidation sites excluding steroid dienone is 1. The van der Waals surface area contributed by atoms with E-state index >= 15 is 0 Å². The van der Waals surface area contributed by atoms with Crippen molar-refractivity contribution in [2.75, 3.05) is 25.0 Å². The molecule has 0 spiro atoms. The number of carbonyl (C=O) groups is 1. The SMILES string of the molecule is C=CCN(C)C(C=CC)Oc1ccc2c(c1)CCCN2C(=O)OC(C)(C)C. The van der Waals surface area contributed by atoms with Crippen LogP contribution in [0.5, 0.6) is 5.75 Å². The van der Waals surface area contributed by atoms with Gasteiger partial charge in [-0.15, -0.1) is 6.58 Å². The first-order chi connectivity index (χ1) is 12.7. The molecule has 0 aromatic heterocycles. The third-order valence-corrected chi connectivity index (χ3v) is 4.25. The predicted molar refractivity (Wildman–Crippen MR) is 110 cm³/mol. The molecular formula is C22H32N2O3.